The Labute approximate surface area is 149 Å². The maximum atomic E-state index is 12.3. The third-order valence-electron chi connectivity index (χ3n) is 3.89. The Hall–Kier alpha value is -2.31. The number of urea groups is 1. The molecule has 0 saturated carbocycles. The van der Waals surface area contributed by atoms with Gasteiger partial charge < -0.3 is 20.3 Å². The van der Waals surface area contributed by atoms with E-state index in [0.717, 1.165) is 25.1 Å². The predicted octanol–water partition coefficient (Wildman–Crippen LogP) is 2.53. The van der Waals surface area contributed by atoms with E-state index < -0.39 is 11.7 Å². The maximum Gasteiger partial charge on any atom is 0.407 e. The lowest BCUT2D eigenvalue weighted by atomic mass is 9.98. The Bertz CT molecular complexity index is 571. The summed E-state index contributed by atoms with van der Waals surface area (Å²) < 4.78 is 5.24. The van der Waals surface area contributed by atoms with Gasteiger partial charge in [0.25, 0.3) is 0 Å². The van der Waals surface area contributed by atoms with Gasteiger partial charge in [-0.3, -0.25) is 4.98 Å². The first-order valence-electron chi connectivity index (χ1n) is 8.73. The first-order valence-corrected chi connectivity index (χ1v) is 8.73. The number of hydrogen-bond acceptors (Lipinski definition) is 4. The molecule has 7 heteroatoms. The summed E-state index contributed by atoms with van der Waals surface area (Å²) in [7, 11) is 0. The molecule has 138 valence electrons. The molecule has 1 aromatic heterocycles. The van der Waals surface area contributed by atoms with Crippen LogP contribution in [0.2, 0.25) is 0 Å². The van der Waals surface area contributed by atoms with Gasteiger partial charge in [-0.15, -0.1) is 0 Å². The highest BCUT2D eigenvalue weighted by Crippen LogP contribution is 2.16. The minimum atomic E-state index is -0.506. The van der Waals surface area contributed by atoms with Crippen LogP contribution in [0.25, 0.3) is 0 Å². The molecule has 25 heavy (non-hydrogen) atoms. The lowest BCUT2D eigenvalue weighted by Crippen LogP contribution is -2.47. The minimum absolute atomic E-state index is 0.0902. The van der Waals surface area contributed by atoms with Gasteiger partial charge in [0, 0.05) is 25.8 Å². The average Bonchev–Trinajstić information content (AvgIpc) is 2.57. The summed E-state index contributed by atoms with van der Waals surface area (Å²) in [5, 5.41) is 5.69. The van der Waals surface area contributed by atoms with Crippen molar-refractivity contribution < 1.29 is 14.3 Å². The van der Waals surface area contributed by atoms with Gasteiger partial charge in [0.2, 0.25) is 0 Å². The van der Waals surface area contributed by atoms with Gasteiger partial charge in [-0.25, -0.2) is 9.59 Å². The average molecular weight is 348 g/mol. The Balaban J connectivity index is 1.74. The predicted molar refractivity (Wildman–Crippen MR) is 95.0 cm³/mol. The number of pyridine rings is 1. The first-order chi connectivity index (χ1) is 11.8. The normalized spacial score (nSPS) is 17.7. The number of ether oxygens (including phenoxy) is 1. The van der Waals surface area contributed by atoms with E-state index in [0.29, 0.717) is 19.6 Å². The van der Waals surface area contributed by atoms with Crippen LogP contribution < -0.4 is 10.6 Å². The Morgan fingerprint density at radius 3 is 2.80 bits per heavy atom. The molecule has 0 bridgehead atoms. The summed E-state index contributed by atoms with van der Waals surface area (Å²) in [6.07, 6.45) is 3.21. The number of hydrogen-bond donors (Lipinski definition) is 2. The van der Waals surface area contributed by atoms with Crippen molar-refractivity contribution >= 4 is 12.1 Å². The van der Waals surface area contributed by atoms with E-state index in [-0.39, 0.29) is 11.9 Å². The van der Waals surface area contributed by atoms with E-state index in [4.69, 9.17) is 4.74 Å². The van der Waals surface area contributed by atoms with Crippen LogP contribution in [-0.2, 0) is 11.3 Å². The summed E-state index contributed by atoms with van der Waals surface area (Å²) in [4.78, 5) is 30.1. The number of alkyl carbamates (subject to hydrolysis) is 1. The van der Waals surface area contributed by atoms with Crippen LogP contribution >= 0.6 is 0 Å². The number of amides is 3. The fourth-order valence-electron chi connectivity index (χ4n) is 2.74. The second-order valence-corrected chi connectivity index (χ2v) is 7.32. The molecule has 0 radical (unpaired) electrons. The number of aromatic nitrogens is 1. The number of carbonyl (C=O) groups excluding carboxylic acids is 2. The van der Waals surface area contributed by atoms with Gasteiger partial charge in [0.05, 0.1) is 12.2 Å². The molecule has 1 saturated heterocycles. The van der Waals surface area contributed by atoms with Gasteiger partial charge in [-0.05, 0) is 51.7 Å². The standard InChI is InChI=1S/C18H28N4O3/c1-18(2,3)25-17(24)21-11-14-7-6-10-22(13-14)16(23)20-12-15-8-4-5-9-19-15/h4-5,8-9,14H,6-7,10-13H2,1-3H3,(H,20,23)(H,21,24)/t14-/m0/s1. The van der Waals surface area contributed by atoms with E-state index >= 15 is 0 Å². The summed E-state index contributed by atoms with van der Waals surface area (Å²) in [6.45, 7) is 7.79. The number of carbonyl (C=O) groups is 2. The van der Waals surface area contributed by atoms with Crippen LogP contribution in [-0.4, -0.2) is 47.2 Å². The number of nitrogens with zero attached hydrogens (tertiary/aromatic N) is 2. The summed E-state index contributed by atoms with van der Waals surface area (Å²) >= 11 is 0. The molecular formula is C18H28N4O3. The minimum Gasteiger partial charge on any atom is -0.444 e. The molecule has 1 atom stereocenters. The fraction of sp³-hybridized carbons (Fsp3) is 0.611. The molecule has 1 aliphatic heterocycles. The molecule has 3 amide bonds. The van der Waals surface area contributed by atoms with Crippen molar-refractivity contribution in [2.45, 2.75) is 45.8 Å². The third-order valence-corrected chi connectivity index (χ3v) is 3.89. The molecular weight excluding hydrogens is 320 g/mol. The van der Waals surface area contributed by atoms with E-state index in [2.05, 4.69) is 15.6 Å². The Kier molecular flexibility index (Phi) is 6.61. The second kappa shape index (κ2) is 8.69. The van der Waals surface area contributed by atoms with Crippen LogP contribution in [0.3, 0.4) is 0 Å². The summed E-state index contributed by atoms with van der Waals surface area (Å²) in [6, 6.07) is 5.53. The maximum absolute atomic E-state index is 12.3. The number of rotatable bonds is 4. The number of piperidine rings is 1. The van der Waals surface area contributed by atoms with E-state index in [9.17, 15) is 9.59 Å². The molecule has 0 aliphatic carbocycles. The molecule has 7 nitrogen and oxygen atoms in total. The van der Waals surface area contributed by atoms with Gasteiger partial charge in [-0.1, -0.05) is 6.07 Å². The highest BCUT2D eigenvalue weighted by molar-refractivity contribution is 5.74. The lowest BCUT2D eigenvalue weighted by molar-refractivity contribution is 0.0511. The smallest absolute Gasteiger partial charge is 0.407 e. The number of likely N-dealkylation sites (tertiary alicyclic amines) is 1. The monoisotopic (exact) mass is 348 g/mol. The fourth-order valence-corrected chi connectivity index (χ4v) is 2.74. The van der Waals surface area contributed by atoms with Crippen molar-refractivity contribution in [2.75, 3.05) is 19.6 Å². The van der Waals surface area contributed by atoms with Crippen LogP contribution in [0.5, 0.6) is 0 Å². The zero-order valence-corrected chi connectivity index (χ0v) is 15.2. The first kappa shape index (κ1) is 19.0. The van der Waals surface area contributed by atoms with Crippen LogP contribution in [0.4, 0.5) is 9.59 Å². The number of nitrogens with one attached hydrogen (secondary N) is 2. The summed E-state index contributed by atoms with van der Waals surface area (Å²) in [5.41, 5.74) is 0.324. The quantitative estimate of drug-likeness (QED) is 0.876. The van der Waals surface area contributed by atoms with Gasteiger partial charge in [-0.2, -0.15) is 0 Å². The van der Waals surface area contributed by atoms with Crippen molar-refractivity contribution in [3.05, 3.63) is 30.1 Å². The molecule has 0 unspecified atom stereocenters. The zero-order valence-electron chi connectivity index (χ0n) is 15.2. The lowest BCUT2D eigenvalue weighted by Gasteiger charge is -2.33. The molecule has 2 N–H and O–H groups in total. The molecule has 0 spiro atoms. The highest BCUT2D eigenvalue weighted by atomic mass is 16.6. The van der Waals surface area contributed by atoms with Crippen molar-refractivity contribution in [3.63, 3.8) is 0 Å². The highest BCUT2D eigenvalue weighted by Gasteiger charge is 2.24. The van der Waals surface area contributed by atoms with Crippen molar-refractivity contribution in [1.29, 1.82) is 0 Å². The van der Waals surface area contributed by atoms with Gasteiger partial charge in [0.15, 0.2) is 0 Å². The molecule has 1 aromatic rings. The van der Waals surface area contributed by atoms with E-state index in [1.54, 1.807) is 11.1 Å². The molecule has 1 fully saturated rings. The van der Waals surface area contributed by atoms with Crippen molar-refractivity contribution in [2.24, 2.45) is 5.92 Å². The molecule has 0 aromatic carbocycles. The van der Waals surface area contributed by atoms with Gasteiger partial charge >= 0.3 is 12.1 Å². The second-order valence-electron chi connectivity index (χ2n) is 7.32. The topological polar surface area (TPSA) is 83.6 Å². The Morgan fingerprint density at radius 1 is 1.32 bits per heavy atom. The molecule has 2 rings (SSSR count). The Morgan fingerprint density at radius 2 is 2.12 bits per heavy atom. The third kappa shape index (κ3) is 6.99. The van der Waals surface area contributed by atoms with Crippen LogP contribution in [0.1, 0.15) is 39.3 Å². The van der Waals surface area contributed by atoms with Gasteiger partial charge in [0.1, 0.15) is 5.60 Å². The van der Waals surface area contributed by atoms with Crippen LogP contribution in [0, 0.1) is 5.92 Å². The van der Waals surface area contributed by atoms with E-state index in [1.807, 2.05) is 39.0 Å². The van der Waals surface area contributed by atoms with Crippen molar-refractivity contribution in [1.82, 2.24) is 20.5 Å². The molecule has 2 heterocycles. The largest absolute Gasteiger partial charge is 0.444 e. The van der Waals surface area contributed by atoms with E-state index in [1.165, 1.54) is 0 Å². The SMILES string of the molecule is CC(C)(C)OC(=O)NC[C@@H]1CCCN(C(=O)NCc2ccccn2)C1. The summed E-state index contributed by atoms with van der Waals surface area (Å²) in [5.74, 6) is 0.238. The van der Waals surface area contributed by atoms with Crippen molar-refractivity contribution in [3.8, 4) is 0 Å². The van der Waals surface area contributed by atoms with Crippen LogP contribution in [0.15, 0.2) is 24.4 Å². The zero-order chi connectivity index (χ0) is 18.3. The molecule has 1 aliphatic rings.